The number of fused-ring (bicyclic) bond motifs is 1. The molecule has 3 aromatic heterocycles. The SMILES string of the molecule is C[NH+](C)[C@@H](CNc1nc(-c2cccnc2)nc2ccccc12)c1ccco1. The lowest BCUT2D eigenvalue weighted by Crippen LogP contribution is -3.06. The molecule has 0 saturated carbocycles. The molecule has 1 aromatic carbocycles. The van der Waals surface area contributed by atoms with Crippen molar-refractivity contribution in [3.63, 3.8) is 0 Å². The molecule has 0 bridgehead atoms. The molecule has 0 saturated heterocycles. The van der Waals surface area contributed by atoms with Gasteiger partial charge < -0.3 is 14.6 Å². The Bertz CT molecular complexity index is 1020. The molecule has 3 heterocycles. The Balaban J connectivity index is 1.70. The monoisotopic (exact) mass is 360 g/mol. The van der Waals surface area contributed by atoms with E-state index < -0.39 is 0 Å². The lowest BCUT2D eigenvalue weighted by atomic mass is 10.2. The van der Waals surface area contributed by atoms with Gasteiger partial charge in [0.25, 0.3) is 0 Å². The number of para-hydroxylation sites is 1. The van der Waals surface area contributed by atoms with Gasteiger partial charge in [-0.3, -0.25) is 4.98 Å². The van der Waals surface area contributed by atoms with Crippen LogP contribution in [0.2, 0.25) is 0 Å². The van der Waals surface area contributed by atoms with Crippen LogP contribution in [-0.4, -0.2) is 35.6 Å². The highest BCUT2D eigenvalue weighted by Crippen LogP contribution is 2.25. The van der Waals surface area contributed by atoms with Crippen molar-refractivity contribution in [1.82, 2.24) is 15.0 Å². The largest absolute Gasteiger partial charge is 0.463 e. The van der Waals surface area contributed by atoms with Crippen LogP contribution in [0.4, 0.5) is 5.82 Å². The van der Waals surface area contributed by atoms with Gasteiger partial charge in [0, 0.05) is 23.3 Å². The highest BCUT2D eigenvalue weighted by Gasteiger charge is 2.21. The standard InChI is InChI=1S/C21H21N5O/c1-26(2)18(19-10-6-12-27-19)14-23-21-16-8-3-4-9-17(16)24-20(25-21)15-7-5-11-22-13-15/h3-13,18H,14H2,1-2H3,(H,23,24,25)/p+1/t18-/m0/s1. The van der Waals surface area contributed by atoms with Crippen LogP contribution in [0.3, 0.4) is 0 Å². The minimum Gasteiger partial charge on any atom is -0.463 e. The summed E-state index contributed by atoms with van der Waals surface area (Å²) in [6.07, 6.45) is 5.24. The first-order chi connectivity index (χ1) is 13.2. The molecule has 6 nitrogen and oxygen atoms in total. The molecule has 4 aromatic rings. The summed E-state index contributed by atoms with van der Waals surface area (Å²) in [6, 6.07) is 16.0. The van der Waals surface area contributed by atoms with Crippen molar-refractivity contribution in [3.8, 4) is 11.4 Å². The van der Waals surface area contributed by atoms with Gasteiger partial charge in [-0.2, -0.15) is 0 Å². The third kappa shape index (κ3) is 3.66. The van der Waals surface area contributed by atoms with Crippen molar-refractivity contribution in [1.29, 1.82) is 0 Å². The third-order valence-corrected chi connectivity index (χ3v) is 4.58. The summed E-state index contributed by atoms with van der Waals surface area (Å²) in [7, 11) is 4.24. The van der Waals surface area contributed by atoms with Gasteiger partial charge in [-0.15, -0.1) is 0 Å². The van der Waals surface area contributed by atoms with Gasteiger partial charge in [-0.05, 0) is 36.4 Å². The molecular formula is C21H22N5O+. The molecule has 0 amide bonds. The number of nitrogens with one attached hydrogen (secondary N) is 2. The van der Waals surface area contributed by atoms with Crippen molar-refractivity contribution in [3.05, 3.63) is 72.9 Å². The Labute approximate surface area is 157 Å². The number of furan rings is 1. The number of likely N-dealkylation sites (N-methyl/N-ethyl adjacent to an activating group) is 1. The van der Waals surface area contributed by atoms with Crippen molar-refractivity contribution in [2.45, 2.75) is 6.04 Å². The zero-order valence-electron chi connectivity index (χ0n) is 15.4. The fourth-order valence-electron chi connectivity index (χ4n) is 3.11. The van der Waals surface area contributed by atoms with Gasteiger partial charge in [-0.25, -0.2) is 9.97 Å². The first-order valence-electron chi connectivity index (χ1n) is 8.97. The predicted molar refractivity (Wildman–Crippen MR) is 106 cm³/mol. The van der Waals surface area contributed by atoms with Crippen LogP contribution in [0.5, 0.6) is 0 Å². The van der Waals surface area contributed by atoms with Crippen molar-refractivity contribution in [2.75, 3.05) is 26.0 Å². The van der Waals surface area contributed by atoms with Crippen LogP contribution in [-0.2, 0) is 0 Å². The summed E-state index contributed by atoms with van der Waals surface area (Å²) < 4.78 is 5.62. The number of quaternary nitrogens is 1. The van der Waals surface area contributed by atoms with Crippen molar-refractivity contribution >= 4 is 16.7 Å². The van der Waals surface area contributed by atoms with E-state index in [-0.39, 0.29) is 6.04 Å². The highest BCUT2D eigenvalue weighted by atomic mass is 16.3. The topological polar surface area (TPSA) is 68.3 Å². The van der Waals surface area contributed by atoms with Gasteiger partial charge >= 0.3 is 0 Å². The number of nitrogens with zero attached hydrogens (tertiary/aromatic N) is 3. The second-order valence-corrected chi connectivity index (χ2v) is 6.68. The van der Waals surface area contributed by atoms with Crippen molar-refractivity contribution < 1.29 is 9.32 Å². The minimum absolute atomic E-state index is 0.176. The van der Waals surface area contributed by atoms with Crippen LogP contribution < -0.4 is 10.2 Å². The lowest BCUT2D eigenvalue weighted by Gasteiger charge is -2.20. The van der Waals surface area contributed by atoms with E-state index in [0.29, 0.717) is 12.4 Å². The number of hydrogen-bond acceptors (Lipinski definition) is 5. The summed E-state index contributed by atoms with van der Waals surface area (Å²) in [5, 5.41) is 4.51. The highest BCUT2D eigenvalue weighted by molar-refractivity contribution is 5.90. The Hall–Kier alpha value is -3.25. The number of pyridine rings is 1. The smallest absolute Gasteiger partial charge is 0.163 e. The Morgan fingerprint density at radius 1 is 1.04 bits per heavy atom. The molecule has 0 radical (unpaired) electrons. The zero-order valence-corrected chi connectivity index (χ0v) is 15.4. The average molecular weight is 360 g/mol. The van der Waals surface area contributed by atoms with Crippen LogP contribution in [0.25, 0.3) is 22.3 Å². The summed E-state index contributed by atoms with van der Waals surface area (Å²) in [4.78, 5) is 15.0. The van der Waals surface area contributed by atoms with Gasteiger partial charge in [0.05, 0.1) is 32.4 Å². The number of hydrogen-bond donors (Lipinski definition) is 2. The van der Waals surface area contributed by atoms with Crippen LogP contribution in [0.1, 0.15) is 11.8 Å². The molecule has 4 rings (SSSR count). The maximum atomic E-state index is 5.62. The molecule has 0 aliphatic heterocycles. The molecule has 0 unspecified atom stereocenters. The van der Waals surface area contributed by atoms with E-state index in [4.69, 9.17) is 14.4 Å². The normalized spacial score (nSPS) is 12.4. The predicted octanol–water partition coefficient (Wildman–Crippen LogP) is 2.58. The third-order valence-electron chi connectivity index (χ3n) is 4.58. The number of anilines is 1. The Morgan fingerprint density at radius 3 is 2.67 bits per heavy atom. The fraction of sp³-hybridized carbons (Fsp3) is 0.190. The first kappa shape index (κ1) is 17.2. The minimum atomic E-state index is 0.176. The zero-order chi connectivity index (χ0) is 18.6. The molecule has 0 fully saturated rings. The molecule has 27 heavy (non-hydrogen) atoms. The van der Waals surface area contributed by atoms with Gasteiger partial charge in [0.15, 0.2) is 17.6 Å². The van der Waals surface area contributed by atoms with E-state index in [1.807, 2.05) is 48.5 Å². The number of benzene rings is 1. The first-order valence-corrected chi connectivity index (χ1v) is 8.97. The van der Waals surface area contributed by atoms with Crippen molar-refractivity contribution in [2.24, 2.45) is 0 Å². The molecule has 0 aliphatic carbocycles. The lowest BCUT2D eigenvalue weighted by molar-refractivity contribution is -0.891. The van der Waals surface area contributed by atoms with E-state index in [1.54, 1.807) is 18.7 Å². The molecule has 0 aliphatic rings. The Kier molecular flexibility index (Phi) is 4.80. The second-order valence-electron chi connectivity index (χ2n) is 6.68. The maximum Gasteiger partial charge on any atom is 0.163 e. The summed E-state index contributed by atoms with van der Waals surface area (Å²) in [5.41, 5.74) is 1.80. The van der Waals surface area contributed by atoms with Crippen LogP contribution in [0, 0.1) is 0 Å². The number of rotatable bonds is 6. The summed E-state index contributed by atoms with van der Waals surface area (Å²) in [6.45, 7) is 0.698. The fourth-order valence-corrected chi connectivity index (χ4v) is 3.11. The molecule has 6 heteroatoms. The van der Waals surface area contributed by atoms with E-state index in [0.717, 1.165) is 28.0 Å². The quantitative estimate of drug-likeness (QED) is 0.553. The van der Waals surface area contributed by atoms with E-state index >= 15 is 0 Å². The van der Waals surface area contributed by atoms with Crippen LogP contribution >= 0.6 is 0 Å². The molecule has 0 spiro atoms. The van der Waals surface area contributed by atoms with E-state index in [2.05, 4.69) is 24.4 Å². The molecular weight excluding hydrogens is 338 g/mol. The van der Waals surface area contributed by atoms with Gasteiger partial charge in [0.1, 0.15) is 5.82 Å². The molecule has 1 atom stereocenters. The van der Waals surface area contributed by atoms with Gasteiger partial charge in [-0.1, -0.05) is 12.1 Å². The maximum absolute atomic E-state index is 5.62. The van der Waals surface area contributed by atoms with E-state index in [9.17, 15) is 0 Å². The average Bonchev–Trinajstić information content (AvgIpc) is 3.22. The molecule has 136 valence electrons. The number of aromatic nitrogens is 3. The summed E-state index contributed by atoms with van der Waals surface area (Å²) in [5.74, 6) is 2.43. The molecule has 2 N–H and O–H groups in total. The summed E-state index contributed by atoms with van der Waals surface area (Å²) >= 11 is 0. The second kappa shape index (κ2) is 7.55. The van der Waals surface area contributed by atoms with Gasteiger partial charge in [0.2, 0.25) is 0 Å². The van der Waals surface area contributed by atoms with Crippen LogP contribution in [0.15, 0.2) is 71.6 Å². The van der Waals surface area contributed by atoms with E-state index in [1.165, 1.54) is 4.90 Å². The Morgan fingerprint density at radius 2 is 1.93 bits per heavy atom.